The van der Waals surface area contributed by atoms with Gasteiger partial charge in [-0.1, -0.05) is 36.8 Å². The lowest BCUT2D eigenvalue weighted by atomic mass is 10.1. The van der Waals surface area contributed by atoms with Crippen LogP contribution in [0.1, 0.15) is 37.6 Å². The van der Waals surface area contributed by atoms with Gasteiger partial charge in [0.05, 0.1) is 17.7 Å². The maximum absolute atomic E-state index is 12.7. The largest absolute Gasteiger partial charge is 0.441 e. The molecule has 1 aliphatic rings. The van der Waals surface area contributed by atoms with E-state index in [9.17, 15) is 13.2 Å². The summed E-state index contributed by atoms with van der Waals surface area (Å²) in [6, 6.07) is 7.79. The number of benzene rings is 1. The van der Waals surface area contributed by atoms with Crippen molar-refractivity contribution in [3.05, 3.63) is 41.9 Å². The van der Waals surface area contributed by atoms with Gasteiger partial charge in [-0.25, -0.2) is 13.4 Å². The highest BCUT2D eigenvalue weighted by Crippen LogP contribution is 2.22. The van der Waals surface area contributed by atoms with Crippen LogP contribution >= 0.6 is 0 Å². The number of nitrogens with zero attached hydrogens (tertiary/aromatic N) is 2. The lowest BCUT2D eigenvalue weighted by Crippen LogP contribution is -2.41. The predicted molar refractivity (Wildman–Crippen MR) is 104 cm³/mol. The molecule has 1 amide bonds. The van der Waals surface area contributed by atoms with Gasteiger partial charge < -0.3 is 9.32 Å². The standard InChI is InChI=1S/C20H26N2O4S/c1-3-11-22(17-10-12-27(24,25)14-17)20(23)9-8-19-21-13-18(26-19)16-6-4-15(2)5-7-16/h4-7,13,17H,3,8-12,14H2,1-2H3. The Balaban J connectivity index is 1.61. The first-order chi connectivity index (χ1) is 12.9. The maximum atomic E-state index is 12.7. The number of aromatic nitrogens is 1. The fraction of sp³-hybridized carbons (Fsp3) is 0.500. The van der Waals surface area contributed by atoms with Gasteiger partial charge in [0.2, 0.25) is 5.91 Å². The van der Waals surface area contributed by atoms with Crippen LogP contribution in [-0.2, 0) is 21.1 Å². The van der Waals surface area contributed by atoms with E-state index < -0.39 is 9.84 Å². The molecule has 0 spiro atoms. The molecule has 1 aromatic carbocycles. The Bertz CT molecular complexity index is 887. The molecule has 0 saturated carbocycles. The van der Waals surface area contributed by atoms with E-state index in [2.05, 4.69) is 4.98 Å². The summed E-state index contributed by atoms with van der Waals surface area (Å²) in [5, 5.41) is 0. The number of carbonyl (C=O) groups excluding carboxylic acids is 1. The fourth-order valence-corrected chi connectivity index (χ4v) is 5.14. The molecule has 0 N–H and O–H groups in total. The van der Waals surface area contributed by atoms with Crippen molar-refractivity contribution in [2.24, 2.45) is 0 Å². The molecule has 1 saturated heterocycles. The van der Waals surface area contributed by atoms with Crippen molar-refractivity contribution in [1.82, 2.24) is 9.88 Å². The molecule has 0 aliphatic carbocycles. The molecule has 1 atom stereocenters. The SMILES string of the molecule is CCCN(C(=O)CCc1ncc(-c2ccc(C)cc2)o1)C1CCS(=O)(=O)C1. The van der Waals surface area contributed by atoms with Crippen molar-refractivity contribution < 1.29 is 17.6 Å². The van der Waals surface area contributed by atoms with E-state index in [1.165, 1.54) is 5.56 Å². The van der Waals surface area contributed by atoms with Crippen LogP contribution in [0.5, 0.6) is 0 Å². The Hall–Kier alpha value is -2.15. The van der Waals surface area contributed by atoms with Crippen molar-refractivity contribution in [1.29, 1.82) is 0 Å². The van der Waals surface area contributed by atoms with Gasteiger partial charge in [0.15, 0.2) is 21.5 Å². The molecule has 0 bridgehead atoms. The van der Waals surface area contributed by atoms with E-state index in [0.717, 1.165) is 12.0 Å². The van der Waals surface area contributed by atoms with Gasteiger partial charge in [0, 0.05) is 31.0 Å². The van der Waals surface area contributed by atoms with Gasteiger partial charge in [-0.15, -0.1) is 0 Å². The number of amides is 1. The molecular weight excluding hydrogens is 364 g/mol. The summed E-state index contributed by atoms with van der Waals surface area (Å²) in [7, 11) is -3.01. The van der Waals surface area contributed by atoms with Gasteiger partial charge in [-0.2, -0.15) is 0 Å². The molecule has 27 heavy (non-hydrogen) atoms. The van der Waals surface area contributed by atoms with Crippen LogP contribution < -0.4 is 0 Å². The van der Waals surface area contributed by atoms with Crippen LogP contribution in [0.3, 0.4) is 0 Å². The van der Waals surface area contributed by atoms with Crippen LogP contribution in [0.15, 0.2) is 34.9 Å². The van der Waals surface area contributed by atoms with E-state index in [1.54, 1.807) is 11.1 Å². The lowest BCUT2D eigenvalue weighted by molar-refractivity contribution is -0.133. The van der Waals surface area contributed by atoms with E-state index in [-0.39, 0.29) is 29.9 Å². The topological polar surface area (TPSA) is 80.5 Å². The van der Waals surface area contributed by atoms with Gasteiger partial charge >= 0.3 is 0 Å². The number of carbonyl (C=O) groups is 1. The minimum absolute atomic E-state index is 0.0333. The smallest absolute Gasteiger partial charge is 0.223 e. The molecule has 7 heteroatoms. The first-order valence-corrected chi connectivity index (χ1v) is 11.2. The van der Waals surface area contributed by atoms with E-state index in [0.29, 0.717) is 31.0 Å². The number of rotatable bonds is 7. The third kappa shape index (κ3) is 4.97. The van der Waals surface area contributed by atoms with Crippen molar-refractivity contribution in [3.8, 4) is 11.3 Å². The highest BCUT2D eigenvalue weighted by Gasteiger charge is 2.34. The second kappa shape index (κ2) is 8.25. The van der Waals surface area contributed by atoms with Crippen LogP contribution in [-0.4, -0.2) is 48.3 Å². The molecule has 3 rings (SSSR count). The third-order valence-corrected chi connectivity index (χ3v) is 6.63. The molecule has 1 fully saturated rings. The second-order valence-corrected chi connectivity index (χ2v) is 9.36. The zero-order valence-corrected chi connectivity index (χ0v) is 16.7. The van der Waals surface area contributed by atoms with Gasteiger partial charge in [0.25, 0.3) is 0 Å². The number of aryl methyl sites for hydroxylation is 2. The first kappa shape index (κ1) is 19.6. The normalized spacial score (nSPS) is 18.5. The molecule has 0 radical (unpaired) electrons. The summed E-state index contributed by atoms with van der Waals surface area (Å²) in [4.78, 5) is 18.7. The Kier molecular flexibility index (Phi) is 5.99. The summed E-state index contributed by atoms with van der Waals surface area (Å²) in [5.74, 6) is 1.42. The Morgan fingerprint density at radius 3 is 2.67 bits per heavy atom. The quantitative estimate of drug-likeness (QED) is 0.726. The Morgan fingerprint density at radius 1 is 1.30 bits per heavy atom. The minimum atomic E-state index is -3.01. The molecule has 2 aromatic rings. The van der Waals surface area contributed by atoms with Gasteiger partial charge in [-0.3, -0.25) is 4.79 Å². The minimum Gasteiger partial charge on any atom is -0.441 e. The van der Waals surface area contributed by atoms with Gasteiger partial charge in [0.1, 0.15) is 0 Å². The molecule has 1 aromatic heterocycles. The number of hydrogen-bond donors (Lipinski definition) is 0. The summed E-state index contributed by atoms with van der Waals surface area (Å²) in [6.07, 6.45) is 3.69. The van der Waals surface area contributed by atoms with Crippen LogP contribution in [0, 0.1) is 6.92 Å². The molecule has 2 heterocycles. The summed E-state index contributed by atoms with van der Waals surface area (Å²) < 4.78 is 29.3. The predicted octanol–water partition coefficient (Wildman–Crippen LogP) is 3.01. The average Bonchev–Trinajstić information content (AvgIpc) is 3.24. The highest BCUT2D eigenvalue weighted by molar-refractivity contribution is 7.91. The second-order valence-electron chi connectivity index (χ2n) is 7.13. The number of sulfone groups is 1. The van der Waals surface area contributed by atoms with Crippen molar-refractivity contribution in [2.75, 3.05) is 18.1 Å². The average molecular weight is 391 g/mol. The molecule has 146 valence electrons. The van der Waals surface area contributed by atoms with Crippen molar-refractivity contribution in [2.45, 2.75) is 45.6 Å². The van der Waals surface area contributed by atoms with E-state index in [4.69, 9.17) is 4.42 Å². The zero-order valence-electron chi connectivity index (χ0n) is 15.8. The summed E-state index contributed by atoms with van der Waals surface area (Å²) >= 11 is 0. The van der Waals surface area contributed by atoms with Crippen molar-refractivity contribution in [3.63, 3.8) is 0 Å². The van der Waals surface area contributed by atoms with Crippen molar-refractivity contribution >= 4 is 15.7 Å². The molecule has 1 aliphatic heterocycles. The number of oxazole rings is 1. The van der Waals surface area contributed by atoms with Crippen LogP contribution in [0.2, 0.25) is 0 Å². The summed E-state index contributed by atoms with van der Waals surface area (Å²) in [5.41, 5.74) is 2.13. The summed E-state index contributed by atoms with van der Waals surface area (Å²) in [6.45, 7) is 4.60. The van der Waals surface area contributed by atoms with Gasteiger partial charge in [-0.05, 0) is 19.8 Å². The van der Waals surface area contributed by atoms with Crippen LogP contribution in [0.4, 0.5) is 0 Å². The van der Waals surface area contributed by atoms with E-state index >= 15 is 0 Å². The van der Waals surface area contributed by atoms with E-state index in [1.807, 2.05) is 38.1 Å². The molecular formula is C20H26N2O4S. The Morgan fingerprint density at radius 2 is 2.04 bits per heavy atom. The zero-order chi connectivity index (χ0) is 19.4. The lowest BCUT2D eigenvalue weighted by Gasteiger charge is -2.27. The van der Waals surface area contributed by atoms with Crippen LogP contribution in [0.25, 0.3) is 11.3 Å². The number of hydrogen-bond acceptors (Lipinski definition) is 5. The fourth-order valence-electron chi connectivity index (χ4n) is 3.41. The molecule has 1 unspecified atom stereocenters. The highest BCUT2D eigenvalue weighted by atomic mass is 32.2. The molecule has 6 nitrogen and oxygen atoms in total. The third-order valence-electron chi connectivity index (χ3n) is 4.88. The Labute approximate surface area is 160 Å². The maximum Gasteiger partial charge on any atom is 0.223 e. The first-order valence-electron chi connectivity index (χ1n) is 9.39. The monoisotopic (exact) mass is 390 g/mol.